The Bertz CT molecular complexity index is 404. The van der Waals surface area contributed by atoms with Crippen LogP contribution in [0.3, 0.4) is 0 Å². The molecule has 3 atom stereocenters. The second kappa shape index (κ2) is 13.4. The fourth-order valence-corrected chi connectivity index (χ4v) is 3.50. The van der Waals surface area contributed by atoms with Gasteiger partial charge in [-0.25, -0.2) is 0 Å². The van der Waals surface area contributed by atoms with Crippen LogP contribution >= 0.6 is 0 Å². The lowest BCUT2D eigenvalue weighted by Crippen LogP contribution is -2.49. The number of halogens is 3. The first kappa shape index (κ1) is 24.2. The highest BCUT2D eigenvalue weighted by molar-refractivity contribution is 5.82. The first-order valence-electron chi connectivity index (χ1n) is 10.5. The smallest absolute Gasteiger partial charge is 0.388 e. The molecule has 7 heteroatoms. The second-order valence-electron chi connectivity index (χ2n) is 7.62. The van der Waals surface area contributed by atoms with Gasteiger partial charge in [-0.2, -0.15) is 13.2 Å². The van der Waals surface area contributed by atoms with Gasteiger partial charge in [0, 0.05) is 0 Å². The van der Waals surface area contributed by atoms with Crippen LogP contribution in [0.25, 0.3) is 0 Å². The van der Waals surface area contributed by atoms with E-state index in [0.29, 0.717) is 6.42 Å². The summed E-state index contributed by atoms with van der Waals surface area (Å²) in [6, 6.07) is -0.985. The molecule has 1 heterocycles. The number of rotatable bonds is 14. The molecule has 1 rings (SSSR count). The number of aliphatic hydroxyl groups is 1. The van der Waals surface area contributed by atoms with Gasteiger partial charge in [-0.1, -0.05) is 84.0 Å². The van der Waals surface area contributed by atoms with E-state index in [1.807, 2.05) is 0 Å². The van der Waals surface area contributed by atoms with E-state index >= 15 is 0 Å². The van der Waals surface area contributed by atoms with Gasteiger partial charge in [-0.3, -0.25) is 4.79 Å². The summed E-state index contributed by atoms with van der Waals surface area (Å²) in [5, 5.41) is 11.8. The van der Waals surface area contributed by atoms with E-state index in [2.05, 4.69) is 6.92 Å². The highest BCUT2D eigenvalue weighted by Crippen LogP contribution is 2.22. The van der Waals surface area contributed by atoms with Crippen molar-refractivity contribution < 1.29 is 27.8 Å². The molecule has 1 amide bonds. The molecule has 1 aliphatic heterocycles. The SMILES string of the molecule is CCCCCCCCCCCCCC[C@H]1OC[C@H](NC(=O)C(F)(F)F)[C@@H]1O. The van der Waals surface area contributed by atoms with Crippen molar-refractivity contribution in [1.82, 2.24) is 5.32 Å². The Kier molecular flexibility index (Phi) is 12.0. The van der Waals surface area contributed by atoms with Crippen LogP contribution in [0, 0.1) is 0 Å². The number of nitrogens with one attached hydrogen (secondary N) is 1. The molecule has 1 aliphatic rings. The number of carbonyl (C=O) groups is 1. The molecule has 0 aromatic heterocycles. The molecule has 0 aromatic rings. The van der Waals surface area contributed by atoms with Gasteiger partial charge in [0.05, 0.1) is 18.8 Å². The van der Waals surface area contributed by atoms with Crippen LogP contribution in [-0.4, -0.2) is 42.0 Å². The summed E-state index contributed by atoms with van der Waals surface area (Å²) in [5.74, 6) is -2.03. The maximum absolute atomic E-state index is 12.3. The lowest BCUT2D eigenvalue weighted by atomic mass is 10.0. The molecule has 0 aromatic carbocycles. The molecule has 0 bridgehead atoms. The van der Waals surface area contributed by atoms with Gasteiger partial charge in [0.15, 0.2) is 0 Å². The summed E-state index contributed by atoms with van der Waals surface area (Å²) < 4.78 is 42.1. The zero-order chi connectivity index (χ0) is 20.1. The second-order valence-corrected chi connectivity index (χ2v) is 7.62. The predicted octanol–water partition coefficient (Wildman–Crippen LogP) is 4.88. The number of alkyl halides is 3. The third-order valence-electron chi connectivity index (χ3n) is 5.20. The Labute approximate surface area is 161 Å². The van der Waals surface area contributed by atoms with E-state index in [1.54, 1.807) is 5.32 Å². The minimum absolute atomic E-state index is 0.0775. The minimum Gasteiger partial charge on any atom is -0.388 e. The topological polar surface area (TPSA) is 58.6 Å². The Morgan fingerprint density at radius 1 is 0.963 bits per heavy atom. The molecule has 27 heavy (non-hydrogen) atoms. The molecule has 0 radical (unpaired) electrons. The van der Waals surface area contributed by atoms with Crippen LogP contribution in [0.4, 0.5) is 13.2 Å². The lowest BCUT2D eigenvalue weighted by molar-refractivity contribution is -0.174. The van der Waals surface area contributed by atoms with Crippen molar-refractivity contribution in [3.8, 4) is 0 Å². The molecular formula is C20H36F3NO3. The number of amides is 1. The minimum atomic E-state index is -4.94. The van der Waals surface area contributed by atoms with Crippen LogP contribution in [0.15, 0.2) is 0 Å². The first-order chi connectivity index (χ1) is 12.9. The fourth-order valence-electron chi connectivity index (χ4n) is 3.50. The number of ether oxygens (including phenoxy) is 1. The number of aliphatic hydroxyl groups excluding tert-OH is 1. The third kappa shape index (κ3) is 10.3. The number of unbranched alkanes of at least 4 members (excludes halogenated alkanes) is 11. The molecule has 0 aliphatic carbocycles. The molecule has 1 fully saturated rings. The quantitative estimate of drug-likeness (QED) is 0.412. The van der Waals surface area contributed by atoms with Crippen LogP contribution in [0.5, 0.6) is 0 Å². The largest absolute Gasteiger partial charge is 0.471 e. The number of hydrogen-bond donors (Lipinski definition) is 2. The van der Waals surface area contributed by atoms with Gasteiger partial charge in [0.25, 0.3) is 0 Å². The number of hydrogen-bond acceptors (Lipinski definition) is 3. The van der Waals surface area contributed by atoms with Crippen molar-refractivity contribution in [3.05, 3.63) is 0 Å². The Morgan fingerprint density at radius 2 is 1.44 bits per heavy atom. The van der Waals surface area contributed by atoms with Crippen LogP contribution in [0.1, 0.15) is 90.4 Å². The van der Waals surface area contributed by atoms with Gasteiger partial charge < -0.3 is 15.2 Å². The lowest BCUT2D eigenvalue weighted by Gasteiger charge is -2.19. The summed E-state index contributed by atoms with van der Waals surface area (Å²) in [5.41, 5.74) is 0. The first-order valence-corrected chi connectivity index (χ1v) is 10.5. The normalized spacial score (nSPS) is 22.9. The fraction of sp³-hybridized carbons (Fsp3) is 0.950. The van der Waals surface area contributed by atoms with E-state index in [-0.39, 0.29) is 6.61 Å². The highest BCUT2D eigenvalue weighted by Gasteiger charge is 2.43. The van der Waals surface area contributed by atoms with E-state index in [4.69, 9.17) is 4.74 Å². The molecular weight excluding hydrogens is 359 g/mol. The van der Waals surface area contributed by atoms with Crippen LogP contribution in [-0.2, 0) is 9.53 Å². The highest BCUT2D eigenvalue weighted by atomic mass is 19.4. The van der Waals surface area contributed by atoms with Gasteiger partial charge in [0.2, 0.25) is 0 Å². The van der Waals surface area contributed by atoms with Gasteiger partial charge in [0.1, 0.15) is 6.10 Å². The van der Waals surface area contributed by atoms with E-state index in [9.17, 15) is 23.1 Å². The van der Waals surface area contributed by atoms with Crippen molar-refractivity contribution >= 4 is 5.91 Å². The zero-order valence-corrected chi connectivity index (χ0v) is 16.5. The molecule has 1 saturated heterocycles. The summed E-state index contributed by atoms with van der Waals surface area (Å²) in [6.45, 7) is 2.15. The molecule has 160 valence electrons. The van der Waals surface area contributed by atoms with E-state index in [0.717, 1.165) is 19.3 Å². The third-order valence-corrected chi connectivity index (χ3v) is 5.20. The van der Waals surface area contributed by atoms with Crippen molar-refractivity contribution in [2.45, 2.75) is 115 Å². The molecule has 2 N–H and O–H groups in total. The summed E-state index contributed by atoms with van der Waals surface area (Å²) >= 11 is 0. The van der Waals surface area contributed by atoms with Crippen molar-refractivity contribution in [2.75, 3.05) is 6.61 Å². The summed E-state index contributed by atoms with van der Waals surface area (Å²) in [7, 11) is 0. The van der Waals surface area contributed by atoms with Crippen LogP contribution in [0.2, 0.25) is 0 Å². The summed E-state index contributed by atoms with van der Waals surface area (Å²) in [4.78, 5) is 10.9. The average molecular weight is 396 g/mol. The van der Waals surface area contributed by atoms with E-state index in [1.165, 1.54) is 57.8 Å². The van der Waals surface area contributed by atoms with E-state index < -0.39 is 30.3 Å². The Morgan fingerprint density at radius 3 is 1.93 bits per heavy atom. The van der Waals surface area contributed by atoms with Crippen molar-refractivity contribution in [1.29, 1.82) is 0 Å². The maximum atomic E-state index is 12.3. The number of carbonyl (C=O) groups excluding carboxylic acids is 1. The predicted molar refractivity (Wildman–Crippen MR) is 99.4 cm³/mol. The Balaban J connectivity index is 1.99. The van der Waals surface area contributed by atoms with Crippen molar-refractivity contribution in [2.24, 2.45) is 0 Å². The summed E-state index contributed by atoms with van der Waals surface area (Å²) in [6.07, 6.45) is 8.86. The average Bonchev–Trinajstić information content (AvgIpc) is 2.95. The zero-order valence-electron chi connectivity index (χ0n) is 16.5. The van der Waals surface area contributed by atoms with Crippen molar-refractivity contribution in [3.63, 3.8) is 0 Å². The monoisotopic (exact) mass is 395 g/mol. The van der Waals surface area contributed by atoms with Gasteiger partial charge in [-0.05, 0) is 6.42 Å². The molecule has 0 unspecified atom stereocenters. The van der Waals surface area contributed by atoms with Crippen LogP contribution < -0.4 is 5.32 Å². The van der Waals surface area contributed by atoms with Gasteiger partial charge >= 0.3 is 12.1 Å². The van der Waals surface area contributed by atoms with Gasteiger partial charge in [-0.15, -0.1) is 0 Å². The maximum Gasteiger partial charge on any atom is 0.471 e. The molecule has 0 spiro atoms. The molecule has 4 nitrogen and oxygen atoms in total. The standard InChI is InChI=1S/C20H36F3NO3/c1-2-3-4-5-6-7-8-9-10-11-12-13-14-17-18(25)16(15-27-17)24-19(26)20(21,22)23/h16-18,25H,2-15H2,1H3,(H,24,26)/t16-,17+,18-/m0/s1. The Hall–Kier alpha value is -0.820. The molecule has 0 saturated carbocycles.